The van der Waals surface area contributed by atoms with Crippen molar-refractivity contribution >= 4 is 65.3 Å². The van der Waals surface area contributed by atoms with Gasteiger partial charge in [-0.1, -0.05) is 6.08 Å². The Morgan fingerprint density at radius 3 is 1.28 bits per heavy atom. The summed E-state index contributed by atoms with van der Waals surface area (Å²) < 4.78 is 204. The highest BCUT2D eigenvalue weighted by Crippen LogP contribution is 2.38. The highest BCUT2D eigenvalue weighted by atomic mass is 32.3. The lowest BCUT2D eigenvalue weighted by molar-refractivity contribution is -0.382. The zero-order valence-electron chi connectivity index (χ0n) is 36.1. The Balaban J connectivity index is 1.91. The van der Waals surface area contributed by atoms with E-state index < -0.39 is 208 Å². The highest BCUT2D eigenvalue weighted by molar-refractivity contribution is 7.81. The molecular formula is C31H42N2O35S4-6. The number of aliphatic hydroxyl groups excluding tert-OH is 5. The molecule has 41 heteroatoms. The van der Waals surface area contributed by atoms with E-state index in [0.29, 0.717) is 6.92 Å². The van der Waals surface area contributed by atoms with E-state index in [2.05, 4.69) is 28.6 Å². The fourth-order valence-electron chi connectivity index (χ4n) is 7.48. The number of carbonyl (C=O) groups excluding carboxylic acids is 4. The van der Waals surface area contributed by atoms with E-state index in [1.807, 2.05) is 5.32 Å². The first-order valence-corrected chi connectivity index (χ1v) is 25.0. The Hall–Kier alpha value is -3.42. The normalized spacial score (nSPS) is 38.0. The van der Waals surface area contributed by atoms with Crippen molar-refractivity contribution in [1.82, 2.24) is 10.6 Å². The number of carboxylic acid groups (broad SMARTS) is 2. The Labute approximate surface area is 405 Å². The molecule has 0 spiro atoms. The number of amides is 2. The van der Waals surface area contributed by atoms with E-state index in [0.717, 1.165) is 13.0 Å². The predicted molar refractivity (Wildman–Crippen MR) is 201 cm³/mol. The molecule has 4 aliphatic heterocycles. The molecular weight excluding hydrogens is 1090 g/mol. The van der Waals surface area contributed by atoms with Crippen LogP contribution in [0, 0.1) is 0 Å². The van der Waals surface area contributed by atoms with Gasteiger partial charge in [-0.3, -0.25) is 26.3 Å². The third-order valence-electron chi connectivity index (χ3n) is 10.1. The maximum Gasteiger partial charge on any atom is 0.218 e. The molecule has 7 N–H and O–H groups in total. The number of nitrogens with one attached hydrogen (secondary N) is 2. The summed E-state index contributed by atoms with van der Waals surface area (Å²) in [6.07, 6.45) is -48.0. The van der Waals surface area contributed by atoms with Gasteiger partial charge in [-0.15, -0.1) is 6.58 Å². The molecule has 0 saturated carbocycles. The third-order valence-corrected chi connectivity index (χ3v) is 11.9. The van der Waals surface area contributed by atoms with Gasteiger partial charge in [-0.2, -0.15) is 0 Å². The molecule has 72 heavy (non-hydrogen) atoms. The number of aliphatic hydroxyl groups is 5. The largest absolute Gasteiger partial charge is 0.726 e. The molecule has 8 unspecified atom stereocenters. The Morgan fingerprint density at radius 1 is 0.528 bits per heavy atom. The van der Waals surface area contributed by atoms with E-state index in [4.69, 9.17) is 37.9 Å². The Morgan fingerprint density at radius 2 is 0.889 bits per heavy atom. The van der Waals surface area contributed by atoms with E-state index >= 15 is 0 Å². The van der Waals surface area contributed by atoms with Crippen LogP contribution in [0.15, 0.2) is 12.7 Å². The first-order valence-electron chi connectivity index (χ1n) is 19.7. The van der Waals surface area contributed by atoms with Gasteiger partial charge < -0.3 is 112 Å². The number of hydrogen-bond donors (Lipinski definition) is 7. The van der Waals surface area contributed by atoms with Gasteiger partial charge in [0.1, 0.15) is 85.3 Å². The smallest absolute Gasteiger partial charge is 0.218 e. The van der Waals surface area contributed by atoms with Crippen molar-refractivity contribution in [3.63, 3.8) is 0 Å². The number of ether oxygens (including phenoxy) is 8. The van der Waals surface area contributed by atoms with Crippen LogP contribution in [0.2, 0.25) is 0 Å². The quantitative estimate of drug-likeness (QED) is 0.0284. The number of carboxylic acids is 2. The molecule has 37 nitrogen and oxygen atoms in total. The van der Waals surface area contributed by atoms with Crippen LogP contribution in [0.3, 0.4) is 0 Å². The van der Waals surface area contributed by atoms with Gasteiger partial charge in [0.25, 0.3) is 0 Å². The molecule has 4 saturated heterocycles. The van der Waals surface area contributed by atoms with Gasteiger partial charge in [0.05, 0.1) is 31.8 Å². The minimum Gasteiger partial charge on any atom is -0.726 e. The first kappa shape index (κ1) is 61.1. The van der Waals surface area contributed by atoms with Crippen LogP contribution in [0.4, 0.5) is 0 Å². The summed E-state index contributed by atoms with van der Waals surface area (Å²) in [5, 5.41) is 82.2. The zero-order valence-corrected chi connectivity index (χ0v) is 39.3. The summed E-state index contributed by atoms with van der Waals surface area (Å²) in [5.41, 5.74) is 0. The van der Waals surface area contributed by atoms with E-state index in [9.17, 15) is 107 Å². The van der Waals surface area contributed by atoms with Gasteiger partial charge in [-0.25, -0.2) is 33.7 Å². The summed E-state index contributed by atoms with van der Waals surface area (Å²) in [4.78, 5) is 49.9. The fraction of sp³-hybridized carbons (Fsp3) is 0.806. The molecule has 2 amide bonds. The van der Waals surface area contributed by atoms with Gasteiger partial charge in [-0.05, 0) is 0 Å². The Bertz CT molecular complexity index is 2390. The van der Waals surface area contributed by atoms with E-state index in [1.54, 1.807) is 0 Å². The van der Waals surface area contributed by atoms with Gasteiger partial charge >= 0.3 is 0 Å². The van der Waals surface area contributed by atoms with Crippen molar-refractivity contribution in [2.45, 2.75) is 137 Å². The lowest BCUT2D eigenvalue weighted by Crippen LogP contribution is -2.72. The van der Waals surface area contributed by atoms with Crippen LogP contribution >= 0.6 is 0 Å². The average molecular weight is 1130 g/mol. The van der Waals surface area contributed by atoms with Crippen LogP contribution in [0.1, 0.15) is 13.8 Å². The monoisotopic (exact) mass is 1130 g/mol. The second-order valence-corrected chi connectivity index (χ2v) is 19.2. The van der Waals surface area contributed by atoms with Crippen LogP contribution < -0.4 is 20.8 Å². The first-order chi connectivity index (χ1) is 33.1. The minimum atomic E-state index is -6.39. The minimum absolute atomic E-state index is 0.401. The van der Waals surface area contributed by atoms with Crippen molar-refractivity contribution in [2.24, 2.45) is 0 Å². The molecule has 0 aliphatic carbocycles. The molecule has 0 bridgehead atoms. The second kappa shape index (κ2) is 24.5. The molecule has 4 aliphatic rings. The molecule has 0 radical (unpaired) electrons. The second-order valence-electron chi connectivity index (χ2n) is 15.2. The van der Waals surface area contributed by atoms with Crippen LogP contribution in [-0.2, 0) is 115 Å². The third kappa shape index (κ3) is 16.3. The fourth-order valence-corrected chi connectivity index (χ4v) is 9.41. The Kier molecular flexibility index (Phi) is 20.8. The SMILES string of the molecule is C=CCO[C@@H]1OC(CO)[C@H](O)[C@H](O[C@@H]2OC(C(=O)[O-])[C@@H](O[C@@H]3OC(CO)[C@H](O)[C@H](O[C@@H]4OC(C(=O)[O-])[C@@H](O)[C@H](OS(=O)(=O)[O-])C4OS(=O)(=O)[O-])C3NC(C)=O)[C@H](OS(=O)(=O)[O-])C2OS(=O)(=O)[O-])C1NC(C)=O. The molecule has 4 fully saturated rings. The molecule has 416 valence electrons. The molecule has 0 aromatic carbocycles. The summed E-state index contributed by atoms with van der Waals surface area (Å²) in [6, 6.07) is -4.34. The summed E-state index contributed by atoms with van der Waals surface area (Å²) >= 11 is 0. The topological polar surface area (TPSA) is 579 Å². The maximum absolute atomic E-state index is 12.9. The molecule has 0 aromatic rings. The summed E-state index contributed by atoms with van der Waals surface area (Å²) in [5.74, 6) is -7.38. The average Bonchev–Trinajstić information content (AvgIpc) is 3.22. The lowest BCUT2D eigenvalue weighted by atomic mass is 9.94. The molecule has 0 aromatic heterocycles. The van der Waals surface area contributed by atoms with Crippen LogP contribution in [-0.4, -0.2) is 244 Å². The number of hydrogen-bond acceptors (Lipinski definition) is 35. The highest BCUT2D eigenvalue weighted by Gasteiger charge is 2.59. The van der Waals surface area contributed by atoms with Crippen LogP contribution in [0.25, 0.3) is 0 Å². The lowest BCUT2D eigenvalue weighted by Gasteiger charge is -2.51. The number of aliphatic carboxylic acids is 2. The number of carbonyl (C=O) groups is 4. The van der Waals surface area contributed by atoms with Crippen molar-refractivity contribution in [2.75, 3.05) is 19.8 Å². The van der Waals surface area contributed by atoms with Crippen molar-refractivity contribution < 1.29 is 161 Å². The summed E-state index contributed by atoms with van der Waals surface area (Å²) in [7, 11) is -25.1. The van der Waals surface area contributed by atoms with Crippen molar-refractivity contribution in [1.29, 1.82) is 0 Å². The van der Waals surface area contributed by atoms with E-state index in [-0.39, 0.29) is 0 Å². The molecule has 4 rings (SSSR count). The zero-order chi connectivity index (χ0) is 54.6. The molecule has 20 atom stereocenters. The maximum atomic E-state index is 12.9. The van der Waals surface area contributed by atoms with E-state index in [1.165, 1.54) is 0 Å². The predicted octanol–water partition coefficient (Wildman–Crippen LogP) is -12.8. The van der Waals surface area contributed by atoms with Crippen molar-refractivity contribution in [3.8, 4) is 0 Å². The van der Waals surface area contributed by atoms with Gasteiger partial charge in [0, 0.05) is 13.8 Å². The van der Waals surface area contributed by atoms with Crippen LogP contribution in [0.5, 0.6) is 0 Å². The van der Waals surface area contributed by atoms with Gasteiger partial charge in [0.15, 0.2) is 37.4 Å². The van der Waals surface area contributed by atoms with Gasteiger partial charge in [0.2, 0.25) is 53.4 Å². The molecule has 4 heterocycles. The summed E-state index contributed by atoms with van der Waals surface area (Å²) in [6.45, 7) is 1.98. The standard InChI is InChI=1S/C31H48N2O35S4/c1-4-5-57-28-12(32-8(2)36)17(14(38)10(6-34)58-28)60-31-25(68-72(54,55)56)22(66-70(48,49)50)21(23(64-31)27(43)44)63-29-13(33-9(3)37)18(15(39)11(7-35)59-29)61-30-24(67-71(51,52)53)19(65-69(45,46)47)16(40)20(62-30)26(41)42/h4,10-25,28-31,34-35,38-40H,1,5-7H2,2-3H3,(H,32,36)(H,33,37)(H,41,42)(H,43,44)(H,45,46,47)(H,48,49,50)(H,51,52,53)(H,54,55,56)/p-6/t10?,11?,12?,13?,14-,15-,16-,17+,18+,19-,20?,21-,22-,23?,24?,25?,28+,29-,30+,31+/m0/s1. The number of rotatable bonds is 23. The van der Waals surface area contributed by atoms with Crippen molar-refractivity contribution in [3.05, 3.63) is 12.7 Å².